The summed E-state index contributed by atoms with van der Waals surface area (Å²) in [4.78, 5) is 40.2. The summed E-state index contributed by atoms with van der Waals surface area (Å²) in [5.74, 6) is 0.384. The fourth-order valence-electron chi connectivity index (χ4n) is 4.45. The first-order valence-electron chi connectivity index (χ1n) is 9.99. The number of hydrogen-bond acceptors (Lipinski definition) is 5. The van der Waals surface area contributed by atoms with Crippen LogP contribution in [0.25, 0.3) is 0 Å². The molecule has 0 bridgehead atoms. The van der Waals surface area contributed by atoms with Crippen LogP contribution in [0, 0.1) is 5.41 Å². The fraction of sp³-hybridized carbons (Fsp3) is 0.632. The van der Waals surface area contributed by atoms with Crippen molar-refractivity contribution >= 4 is 11.8 Å². The summed E-state index contributed by atoms with van der Waals surface area (Å²) in [6, 6.07) is 0. The molecule has 28 heavy (non-hydrogen) atoms. The van der Waals surface area contributed by atoms with E-state index < -0.39 is 0 Å². The van der Waals surface area contributed by atoms with Crippen molar-refractivity contribution in [1.82, 2.24) is 34.5 Å². The Labute approximate surface area is 164 Å². The van der Waals surface area contributed by atoms with Crippen LogP contribution in [0.1, 0.15) is 37.8 Å². The number of rotatable bonds is 6. The average Bonchev–Trinajstić information content (AvgIpc) is 3.41. The van der Waals surface area contributed by atoms with Crippen LogP contribution in [-0.2, 0) is 22.6 Å². The summed E-state index contributed by atoms with van der Waals surface area (Å²) < 4.78 is 1.69. The lowest BCUT2D eigenvalue weighted by Gasteiger charge is -2.48. The smallest absolute Gasteiger partial charge is 0.224 e. The number of nitrogens with one attached hydrogen (secondary N) is 1. The zero-order valence-electron chi connectivity index (χ0n) is 16.1. The average molecular weight is 385 g/mol. The van der Waals surface area contributed by atoms with Gasteiger partial charge in [0.05, 0.1) is 12.9 Å². The molecule has 2 aliphatic rings. The van der Waals surface area contributed by atoms with E-state index in [1.807, 2.05) is 9.80 Å². The molecular formula is C19H27N7O2. The van der Waals surface area contributed by atoms with E-state index in [4.69, 9.17) is 0 Å². The first-order chi connectivity index (χ1) is 13.6. The summed E-state index contributed by atoms with van der Waals surface area (Å²) in [6.07, 6.45) is 11.3. The van der Waals surface area contributed by atoms with Crippen molar-refractivity contribution in [3.63, 3.8) is 0 Å². The molecule has 150 valence electrons. The SMILES string of the molecule is O=C(CCn1cncn1)N1CCC[C@@]2(CCC(=O)N(CCc3cnc[nH]3)C2)C1. The predicted molar refractivity (Wildman–Crippen MR) is 101 cm³/mol. The van der Waals surface area contributed by atoms with Gasteiger partial charge in [-0.1, -0.05) is 0 Å². The Morgan fingerprint density at radius 1 is 1.21 bits per heavy atom. The third-order valence-electron chi connectivity index (χ3n) is 5.99. The molecule has 4 heterocycles. The van der Waals surface area contributed by atoms with E-state index in [-0.39, 0.29) is 17.2 Å². The molecular weight excluding hydrogens is 358 g/mol. The van der Waals surface area contributed by atoms with Crippen LogP contribution >= 0.6 is 0 Å². The summed E-state index contributed by atoms with van der Waals surface area (Å²) >= 11 is 0. The fourth-order valence-corrected chi connectivity index (χ4v) is 4.45. The van der Waals surface area contributed by atoms with E-state index in [9.17, 15) is 9.59 Å². The summed E-state index contributed by atoms with van der Waals surface area (Å²) in [7, 11) is 0. The van der Waals surface area contributed by atoms with E-state index in [2.05, 4.69) is 20.1 Å². The van der Waals surface area contributed by atoms with Crippen LogP contribution in [0.4, 0.5) is 0 Å². The Morgan fingerprint density at radius 2 is 2.14 bits per heavy atom. The van der Waals surface area contributed by atoms with Crippen LogP contribution in [0.3, 0.4) is 0 Å². The van der Waals surface area contributed by atoms with Crippen molar-refractivity contribution in [2.45, 2.75) is 45.1 Å². The van der Waals surface area contributed by atoms with Crippen molar-refractivity contribution in [2.75, 3.05) is 26.2 Å². The number of aromatic amines is 1. The third kappa shape index (κ3) is 4.23. The number of nitrogens with zero attached hydrogens (tertiary/aromatic N) is 6. The van der Waals surface area contributed by atoms with E-state index >= 15 is 0 Å². The van der Waals surface area contributed by atoms with Gasteiger partial charge in [-0.25, -0.2) is 9.97 Å². The number of hydrogen-bond donors (Lipinski definition) is 1. The van der Waals surface area contributed by atoms with Crippen molar-refractivity contribution in [2.24, 2.45) is 5.41 Å². The van der Waals surface area contributed by atoms with Gasteiger partial charge in [-0.15, -0.1) is 0 Å². The first-order valence-corrected chi connectivity index (χ1v) is 9.99. The first kappa shape index (κ1) is 18.6. The standard InChI is InChI=1S/C19H27N7O2/c27-17-2-6-19(12-25(17)8-3-16-10-20-13-22-16)5-1-7-24(11-19)18(28)4-9-26-15-21-14-23-26/h10,13-15H,1-9,11-12H2,(H,20,22)/t19-/m1/s1. The van der Waals surface area contributed by atoms with Crippen molar-refractivity contribution in [1.29, 1.82) is 0 Å². The molecule has 0 aromatic carbocycles. The quantitative estimate of drug-likeness (QED) is 0.795. The largest absolute Gasteiger partial charge is 0.348 e. The number of aryl methyl sites for hydroxylation is 1. The summed E-state index contributed by atoms with van der Waals surface area (Å²) in [6.45, 7) is 3.55. The summed E-state index contributed by atoms with van der Waals surface area (Å²) in [5.41, 5.74) is 1.07. The Kier molecular flexibility index (Phi) is 5.40. The zero-order chi connectivity index (χ0) is 19.4. The molecule has 0 radical (unpaired) electrons. The minimum absolute atomic E-state index is 0.0308. The Morgan fingerprint density at radius 3 is 2.93 bits per heavy atom. The second kappa shape index (κ2) is 8.12. The van der Waals surface area contributed by atoms with Gasteiger partial charge in [0, 0.05) is 62.7 Å². The molecule has 0 unspecified atom stereocenters. The van der Waals surface area contributed by atoms with Gasteiger partial charge in [0.25, 0.3) is 0 Å². The topological polar surface area (TPSA) is 100 Å². The van der Waals surface area contributed by atoms with E-state index in [1.165, 1.54) is 6.33 Å². The normalized spacial score (nSPS) is 22.8. The molecule has 2 aromatic heterocycles. The van der Waals surface area contributed by atoms with Crippen molar-refractivity contribution < 1.29 is 9.59 Å². The van der Waals surface area contributed by atoms with Gasteiger partial charge in [0.2, 0.25) is 11.8 Å². The molecule has 2 aromatic rings. The van der Waals surface area contributed by atoms with Gasteiger partial charge in [0.1, 0.15) is 12.7 Å². The molecule has 2 saturated heterocycles. The van der Waals surface area contributed by atoms with Crippen LogP contribution < -0.4 is 0 Å². The van der Waals surface area contributed by atoms with Gasteiger partial charge < -0.3 is 14.8 Å². The Hall–Kier alpha value is -2.71. The zero-order valence-corrected chi connectivity index (χ0v) is 16.1. The maximum absolute atomic E-state index is 12.7. The van der Waals surface area contributed by atoms with E-state index in [0.717, 1.165) is 51.0 Å². The third-order valence-corrected chi connectivity index (χ3v) is 5.99. The minimum atomic E-state index is 0.0308. The number of piperidine rings is 2. The van der Waals surface area contributed by atoms with Gasteiger partial charge in [-0.2, -0.15) is 5.10 Å². The van der Waals surface area contributed by atoms with Gasteiger partial charge >= 0.3 is 0 Å². The monoisotopic (exact) mass is 385 g/mol. The lowest BCUT2D eigenvalue weighted by atomic mass is 9.73. The molecule has 2 amide bonds. The van der Waals surface area contributed by atoms with Crippen molar-refractivity contribution in [3.05, 3.63) is 30.9 Å². The van der Waals surface area contributed by atoms with Gasteiger partial charge in [0.15, 0.2) is 0 Å². The maximum atomic E-state index is 12.7. The highest BCUT2D eigenvalue weighted by Crippen LogP contribution is 2.39. The highest BCUT2D eigenvalue weighted by Gasteiger charge is 2.42. The summed E-state index contributed by atoms with van der Waals surface area (Å²) in [5, 5.41) is 4.06. The molecule has 9 heteroatoms. The highest BCUT2D eigenvalue weighted by molar-refractivity contribution is 5.78. The molecule has 1 atom stereocenters. The molecule has 9 nitrogen and oxygen atoms in total. The van der Waals surface area contributed by atoms with Crippen LogP contribution in [0.5, 0.6) is 0 Å². The molecule has 0 aliphatic carbocycles. The second-order valence-electron chi connectivity index (χ2n) is 7.97. The van der Waals surface area contributed by atoms with Crippen LogP contribution in [0.2, 0.25) is 0 Å². The van der Waals surface area contributed by atoms with Gasteiger partial charge in [-0.05, 0) is 19.3 Å². The molecule has 1 spiro atoms. The van der Waals surface area contributed by atoms with Crippen LogP contribution in [0.15, 0.2) is 25.2 Å². The molecule has 2 aliphatic heterocycles. The molecule has 4 rings (SSSR count). The molecule has 0 saturated carbocycles. The molecule has 2 fully saturated rings. The lowest BCUT2D eigenvalue weighted by Crippen LogP contribution is -2.55. The number of H-pyrrole nitrogens is 1. The van der Waals surface area contributed by atoms with E-state index in [0.29, 0.717) is 25.9 Å². The number of imidazole rings is 1. The number of likely N-dealkylation sites (tertiary alicyclic amines) is 2. The number of amides is 2. The predicted octanol–water partition coefficient (Wildman–Crippen LogP) is 0.865. The minimum Gasteiger partial charge on any atom is -0.348 e. The number of carbonyl (C=O) groups is 2. The lowest BCUT2D eigenvalue weighted by molar-refractivity contribution is -0.143. The van der Waals surface area contributed by atoms with Crippen molar-refractivity contribution in [3.8, 4) is 0 Å². The highest BCUT2D eigenvalue weighted by atomic mass is 16.2. The van der Waals surface area contributed by atoms with Gasteiger partial charge in [-0.3, -0.25) is 14.3 Å². The Bertz CT molecular complexity index is 789. The maximum Gasteiger partial charge on any atom is 0.224 e. The van der Waals surface area contributed by atoms with Crippen LogP contribution in [-0.4, -0.2) is 72.5 Å². The molecule has 1 N–H and O–H groups in total. The Balaban J connectivity index is 1.34. The number of carbonyl (C=O) groups excluding carboxylic acids is 2. The van der Waals surface area contributed by atoms with E-state index in [1.54, 1.807) is 23.5 Å². The second-order valence-corrected chi connectivity index (χ2v) is 7.97. The number of aromatic nitrogens is 5.